The summed E-state index contributed by atoms with van der Waals surface area (Å²) in [6.07, 6.45) is -7.66. The van der Waals surface area contributed by atoms with Gasteiger partial charge in [-0.3, -0.25) is 24.0 Å². The molecule has 10 N–H and O–H groups in total. The molecule has 0 aromatic heterocycles. The number of carbonyl (C=O) groups excluding carboxylic acids is 5. The van der Waals surface area contributed by atoms with E-state index in [0.29, 0.717) is 0 Å². The second-order valence-corrected chi connectivity index (χ2v) is 7.49. The number of nitrogens with one attached hydrogen (secondary N) is 3. The van der Waals surface area contributed by atoms with Crippen LogP contribution in [0.4, 0.5) is 0 Å². The molecule has 0 saturated carbocycles. The van der Waals surface area contributed by atoms with Gasteiger partial charge in [-0.05, 0) is 13.3 Å². The third-order valence-electron chi connectivity index (χ3n) is 4.64. The van der Waals surface area contributed by atoms with Gasteiger partial charge in [-0.15, -0.1) is 0 Å². The van der Waals surface area contributed by atoms with Crippen molar-refractivity contribution in [2.45, 2.75) is 69.2 Å². The Bertz CT molecular complexity index is 764. The molecule has 0 aromatic rings. The fourth-order valence-electron chi connectivity index (χ4n) is 2.74. The van der Waals surface area contributed by atoms with Crippen LogP contribution in [-0.4, -0.2) is 117 Å². The molecule has 0 aliphatic rings. The number of nitrogens with two attached hydrogens (primary N) is 1. The van der Waals surface area contributed by atoms with E-state index >= 15 is 0 Å². The Balaban J connectivity index is 5.43. The second-order valence-electron chi connectivity index (χ2n) is 7.49. The zero-order valence-electron chi connectivity index (χ0n) is 19.1. The van der Waals surface area contributed by atoms with Crippen molar-refractivity contribution in [3.05, 3.63) is 0 Å². The van der Waals surface area contributed by atoms with Crippen molar-refractivity contribution in [2.24, 2.45) is 5.73 Å². The third kappa shape index (κ3) is 11.2. The molecule has 0 bridgehead atoms. The number of hydrogen-bond acceptors (Lipinski definition) is 11. The van der Waals surface area contributed by atoms with Crippen molar-refractivity contribution in [2.75, 3.05) is 13.2 Å². The zero-order chi connectivity index (χ0) is 27.3. The number of hydrogen-bond donors (Lipinski definition) is 9. The van der Waals surface area contributed by atoms with Gasteiger partial charge in [-0.1, -0.05) is 0 Å². The van der Waals surface area contributed by atoms with Crippen molar-refractivity contribution < 1.29 is 59.0 Å². The van der Waals surface area contributed by atoms with Gasteiger partial charge in [-0.2, -0.15) is 0 Å². The molecular formula is C19H32N4O12. The van der Waals surface area contributed by atoms with Crippen LogP contribution < -0.4 is 21.7 Å². The van der Waals surface area contributed by atoms with Crippen LogP contribution in [0.5, 0.6) is 0 Å². The number of amides is 4. The molecule has 35 heavy (non-hydrogen) atoms. The van der Waals surface area contributed by atoms with E-state index in [2.05, 4.69) is 16.0 Å². The Morgan fingerprint density at radius 1 is 0.971 bits per heavy atom. The average molecular weight is 508 g/mol. The van der Waals surface area contributed by atoms with Crippen molar-refractivity contribution in [1.82, 2.24) is 16.0 Å². The van der Waals surface area contributed by atoms with Crippen LogP contribution in [0.3, 0.4) is 0 Å². The first-order valence-corrected chi connectivity index (χ1v) is 10.4. The standard InChI is InChI=1S/C19H32N4O12/c1-8(35-16(15(31)13(28)7-26)11(5-24)21-9(2)27)18(33)23-12(6-25)19(34)22-10(17(20)32)3-4-14(29)30/h5,8,10-13,15-16,25-26,28,31H,3-4,6-7H2,1-2H3,(H2,20,32)(H,21,27)(H,22,34)(H,23,33)(H,29,30). The molecule has 200 valence electrons. The minimum absolute atomic E-state index is 0.176. The molecule has 4 amide bonds. The molecular weight excluding hydrogens is 476 g/mol. The topological polar surface area (TPSA) is 275 Å². The summed E-state index contributed by atoms with van der Waals surface area (Å²) in [6, 6.07) is -4.57. The number of ether oxygens (including phenoxy) is 1. The molecule has 0 aromatic carbocycles. The van der Waals surface area contributed by atoms with Gasteiger partial charge in [0.25, 0.3) is 0 Å². The highest BCUT2D eigenvalue weighted by atomic mass is 16.5. The van der Waals surface area contributed by atoms with Crippen LogP contribution in [0, 0.1) is 0 Å². The van der Waals surface area contributed by atoms with Gasteiger partial charge in [0.15, 0.2) is 0 Å². The third-order valence-corrected chi connectivity index (χ3v) is 4.64. The normalized spacial score (nSPS) is 17.0. The van der Waals surface area contributed by atoms with Crippen molar-refractivity contribution >= 4 is 35.9 Å². The Morgan fingerprint density at radius 3 is 1.97 bits per heavy atom. The SMILES string of the molecule is CC(=O)NC(C=O)C(OC(C)C(=O)NC(CO)C(=O)NC(CCC(=O)O)C(N)=O)C(O)C(O)CO. The summed E-state index contributed by atoms with van der Waals surface area (Å²) >= 11 is 0. The first-order chi connectivity index (χ1) is 16.3. The smallest absolute Gasteiger partial charge is 0.303 e. The molecule has 0 saturated heterocycles. The van der Waals surface area contributed by atoms with Gasteiger partial charge in [0, 0.05) is 13.3 Å². The number of primary amides is 1. The Hall–Kier alpha value is -3.18. The molecule has 7 unspecified atom stereocenters. The Labute approximate surface area is 199 Å². The van der Waals surface area contributed by atoms with E-state index < -0.39 is 91.8 Å². The summed E-state index contributed by atoms with van der Waals surface area (Å²) in [4.78, 5) is 69.7. The van der Waals surface area contributed by atoms with Gasteiger partial charge < -0.3 is 56.7 Å². The average Bonchev–Trinajstić information content (AvgIpc) is 2.79. The van der Waals surface area contributed by atoms with E-state index in [1.807, 2.05) is 0 Å². The molecule has 0 rings (SSSR count). The van der Waals surface area contributed by atoms with Crippen molar-refractivity contribution in [1.29, 1.82) is 0 Å². The highest BCUT2D eigenvalue weighted by molar-refractivity contribution is 5.92. The summed E-state index contributed by atoms with van der Waals surface area (Å²) in [5.41, 5.74) is 5.12. The molecule has 0 heterocycles. The largest absolute Gasteiger partial charge is 0.481 e. The number of aliphatic carboxylic acids is 1. The first-order valence-electron chi connectivity index (χ1n) is 10.4. The Kier molecular flexibility index (Phi) is 14.2. The summed E-state index contributed by atoms with van der Waals surface area (Å²) in [6.45, 7) is 0.288. The molecule has 0 aliphatic heterocycles. The number of carbonyl (C=O) groups is 6. The fraction of sp³-hybridized carbons (Fsp3) is 0.684. The Morgan fingerprint density at radius 2 is 1.54 bits per heavy atom. The lowest BCUT2D eigenvalue weighted by molar-refractivity contribution is -0.158. The maximum absolute atomic E-state index is 12.5. The van der Waals surface area contributed by atoms with Crippen LogP contribution in [0.25, 0.3) is 0 Å². The van der Waals surface area contributed by atoms with Crippen LogP contribution in [0.15, 0.2) is 0 Å². The van der Waals surface area contributed by atoms with Gasteiger partial charge in [0.1, 0.15) is 48.8 Å². The summed E-state index contributed by atoms with van der Waals surface area (Å²) < 4.78 is 5.33. The number of carboxylic acid groups (broad SMARTS) is 1. The summed E-state index contributed by atoms with van der Waals surface area (Å²) in [5, 5.41) is 53.5. The lowest BCUT2D eigenvalue weighted by Crippen LogP contribution is -2.58. The van der Waals surface area contributed by atoms with Gasteiger partial charge in [-0.25, -0.2) is 0 Å². The predicted molar refractivity (Wildman–Crippen MR) is 114 cm³/mol. The maximum Gasteiger partial charge on any atom is 0.303 e. The predicted octanol–water partition coefficient (Wildman–Crippen LogP) is -5.51. The molecule has 0 fully saturated rings. The minimum Gasteiger partial charge on any atom is -0.481 e. The molecule has 16 nitrogen and oxygen atoms in total. The number of aliphatic hydroxyl groups excluding tert-OH is 4. The van der Waals surface area contributed by atoms with Crippen LogP contribution in [-0.2, 0) is 33.5 Å². The number of aliphatic hydroxyl groups is 4. The van der Waals surface area contributed by atoms with E-state index in [4.69, 9.17) is 20.7 Å². The number of carboxylic acids is 1. The highest BCUT2D eigenvalue weighted by Crippen LogP contribution is 2.12. The van der Waals surface area contributed by atoms with Gasteiger partial charge >= 0.3 is 5.97 Å². The quantitative estimate of drug-likeness (QED) is 0.0832. The summed E-state index contributed by atoms with van der Waals surface area (Å²) in [5.74, 6) is -5.12. The minimum atomic E-state index is -1.93. The maximum atomic E-state index is 12.5. The van der Waals surface area contributed by atoms with E-state index in [0.717, 1.165) is 13.8 Å². The second kappa shape index (κ2) is 15.7. The van der Waals surface area contributed by atoms with Crippen molar-refractivity contribution in [3.8, 4) is 0 Å². The van der Waals surface area contributed by atoms with Crippen LogP contribution >= 0.6 is 0 Å². The molecule has 16 heteroatoms. The zero-order valence-corrected chi connectivity index (χ0v) is 19.1. The van der Waals surface area contributed by atoms with E-state index in [9.17, 15) is 44.1 Å². The van der Waals surface area contributed by atoms with Gasteiger partial charge in [0.2, 0.25) is 23.6 Å². The first kappa shape index (κ1) is 31.8. The fourth-order valence-corrected chi connectivity index (χ4v) is 2.74. The van der Waals surface area contributed by atoms with Crippen molar-refractivity contribution in [3.63, 3.8) is 0 Å². The lowest BCUT2D eigenvalue weighted by Gasteiger charge is -2.32. The highest BCUT2D eigenvalue weighted by Gasteiger charge is 2.37. The molecule has 7 atom stereocenters. The van der Waals surface area contributed by atoms with E-state index in [1.165, 1.54) is 0 Å². The lowest BCUT2D eigenvalue weighted by atomic mass is 10.0. The summed E-state index contributed by atoms with van der Waals surface area (Å²) in [7, 11) is 0. The number of rotatable bonds is 17. The van der Waals surface area contributed by atoms with Crippen LogP contribution in [0.2, 0.25) is 0 Å². The van der Waals surface area contributed by atoms with Crippen LogP contribution in [0.1, 0.15) is 26.7 Å². The number of aldehydes is 1. The van der Waals surface area contributed by atoms with E-state index in [-0.39, 0.29) is 12.7 Å². The molecule has 0 spiro atoms. The van der Waals surface area contributed by atoms with Gasteiger partial charge in [0.05, 0.1) is 13.2 Å². The molecule has 0 radical (unpaired) electrons. The van der Waals surface area contributed by atoms with E-state index in [1.54, 1.807) is 0 Å². The molecule has 0 aliphatic carbocycles. The monoisotopic (exact) mass is 508 g/mol.